The summed E-state index contributed by atoms with van der Waals surface area (Å²) in [5.41, 5.74) is 18.4. The van der Waals surface area contributed by atoms with Crippen LogP contribution in [0, 0.1) is 0 Å². The molecule has 0 aliphatic heterocycles. The minimum atomic E-state index is -1.44. The second kappa shape index (κ2) is 13.8. The number of carbonyl (C=O) groups excluding carboxylic acids is 2. The minimum absolute atomic E-state index is 0.278. The van der Waals surface area contributed by atoms with Gasteiger partial charge in [0.05, 0.1) is 19.5 Å². The Morgan fingerprint density at radius 2 is 1.16 bits per heavy atom. The number of carboxylic acid groups (broad SMARTS) is 2. The monoisotopic (exact) mass is 282 g/mol. The Hall–Kier alpha value is -2.24. The normalized spacial score (nSPS) is 9.84. The summed E-state index contributed by atoms with van der Waals surface area (Å²) in [4.78, 5) is 38.5. The summed E-state index contributed by atoms with van der Waals surface area (Å²) in [5, 5.41) is 23.7. The van der Waals surface area contributed by atoms with Crippen LogP contribution in [0.25, 0.3) is 0 Å². The third-order valence-electron chi connectivity index (χ3n) is 1.07. The van der Waals surface area contributed by atoms with Gasteiger partial charge in [-0.05, 0) is 0 Å². The lowest BCUT2D eigenvalue weighted by Crippen LogP contribution is -2.32. The number of nitrogens with two attached hydrogens (primary N) is 4. The Labute approximate surface area is 108 Å². The quantitative estimate of drug-likeness (QED) is 0.258. The van der Waals surface area contributed by atoms with Crippen molar-refractivity contribution < 1.29 is 34.5 Å². The fourth-order valence-electron chi connectivity index (χ4n) is 0.291. The second-order valence-electron chi connectivity index (χ2n) is 2.78. The number of hydrogen-bond acceptors (Lipinski definition) is 7. The zero-order chi connectivity index (χ0) is 16.0. The maximum atomic E-state index is 10.00. The van der Waals surface area contributed by atoms with Gasteiger partial charge in [-0.15, -0.1) is 0 Å². The van der Waals surface area contributed by atoms with Gasteiger partial charge in [0.2, 0.25) is 11.8 Å². The van der Waals surface area contributed by atoms with Gasteiger partial charge in [-0.3, -0.25) is 19.2 Å². The highest BCUT2D eigenvalue weighted by atomic mass is 16.4. The molecule has 0 aliphatic rings. The molecule has 19 heavy (non-hydrogen) atoms. The molecule has 11 nitrogen and oxygen atoms in total. The third kappa shape index (κ3) is 31.3. The van der Waals surface area contributed by atoms with Gasteiger partial charge in [0.1, 0.15) is 6.10 Å². The fraction of sp³-hybridized carbons (Fsp3) is 0.500. The molecular weight excluding hydrogens is 264 g/mol. The zero-order valence-electron chi connectivity index (χ0n) is 9.98. The molecule has 0 radical (unpaired) electrons. The van der Waals surface area contributed by atoms with Crippen molar-refractivity contribution >= 4 is 23.8 Å². The van der Waals surface area contributed by atoms with E-state index in [4.69, 9.17) is 15.3 Å². The van der Waals surface area contributed by atoms with Crippen LogP contribution in [0.2, 0.25) is 0 Å². The summed E-state index contributed by atoms with van der Waals surface area (Å²) in [6.45, 7) is -0.556. The number of hydrogen-bond donors (Lipinski definition) is 7. The number of amides is 2. The lowest BCUT2D eigenvalue weighted by molar-refractivity contribution is -0.136. The van der Waals surface area contributed by atoms with Crippen molar-refractivity contribution in [3.05, 3.63) is 0 Å². The summed E-state index contributed by atoms with van der Waals surface area (Å²) in [6, 6.07) is 0. The molecule has 0 aliphatic carbocycles. The Balaban J connectivity index is -0.000000219. The van der Waals surface area contributed by atoms with Gasteiger partial charge in [0.15, 0.2) is 0 Å². The summed E-state index contributed by atoms with van der Waals surface area (Å²) < 4.78 is 0. The number of rotatable bonds is 5. The van der Waals surface area contributed by atoms with Crippen LogP contribution < -0.4 is 22.9 Å². The number of primary amides is 2. The molecule has 1 unspecified atom stereocenters. The van der Waals surface area contributed by atoms with Crippen LogP contribution in [0.1, 0.15) is 6.42 Å². The van der Waals surface area contributed by atoms with E-state index < -0.39 is 36.3 Å². The van der Waals surface area contributed by atoms with Crippen molar-refractivity contribution in [3.8, 4) is 0 Å². The Morgan fingerprint density at radius 3 is 1.21 bits per heavy atom. The van der Waals surface area contributed by atoms with E-state index in [1.807, 2.05) is 0 Å². The molecule has 2 amide bonds. The molecule has 0 fully saturated rings. The number of carbonyl (C=O) groups is 4. The lowest BCUT2D eigenvalue weighted by atomic mass is 10.2. The molecule has 0 spiro atoms. The maximum Gasteiger partial charge on any atom is 0.317 e. The number of aliphatic hydroxyl groups excluding tert-OH is 1. The van der Waals surface area contributed by atoms with Crippen LogP contribution in [0.5, 0.6) is 0 Å². The van der Waals surface area contributed by atoms with Crippen molar-refractivity contribution in [2.45, 2.75) is 12.5 Å². The van der Waals surface area contributed by atoms with E-state index in [0.29, 0.717) is 0 Å². The van der Waals surface area contributed by atoms with Crippen molar-refractivity contribution in [2.75, 3.05) is 13.1 Å². The van der Waals surface area contributed by atoms with Crippen LogP contribution in [0.3, 0.4) is 0 Å². The van der Waals surface area contributed by atoms with E-state index in [1.54, 1.807) is 0 Å². The first-order valence-corrected chi connectivity index (χ1v) is 4.67. The minimum Gasteiger partial charge on any atom is -0.480 e. The van der Waals surface area contributed by atoms with Crippen LogP contribution in [0.15, 0.2) is 0 Å². The molecule has 0 saturated carbocycles. The highest BCUT2D eigenvalue weighted by Gasteiger charge is 2.12. The first-order chi connectivity index (χ1) is 8.58. The van der Waals surface area contributed by atoms with Gasteiger partial charge < -0.3 is 38.3 Å². The first-order valence-electron chi connectivity index (χ1n) is 4.67. The van der Waals surface area contributed by atoms with Crippen LogP contribution in [-0.4, -0.2) is 58.3 Å². The van der Waals surface area contributed by atoms with Gasteiger partial charge in [0.25, 0.3) is 0 Å². The average molecular weight is 282 g/mol. The summed E-state index contributed by atoms with van der Waals surface area (Å²) in [5.74, 6) is -3.62. The molecule has 0 bridgehead atoms. The Kier molecular flexibility index (Phi) is 16.0. The summed E-state index contributed by atoms with van der Waals surface area (Å²) in [7, 11) is 0. The Morgan fingerprint density at radius 1 is 0.895 bits per heavy atom. The highest BCUT2D eigenvalue weighted by Crippen LogP contribution is 1.86. The van der Waals surface area contributed by atoms with E-state index in [9.17, 15) is 19.2 Å². The predicted octanol–water partition coefficient (Wildman–Crippen LogP) is -4.23. The van der Waals surface area contributed by atoms with E-state index in [2.05, 4.69) is 22.9 Å². The standard InChI is InChI=1S/C4H8N2O3.2C2H5NO2/c5-3(8)1-2(7)4(6)9;2*3-1-2(4)5/h2,7H,1H2,(H2,5,8)(H2,6,9);2*1,3H2,(H,4,5). The SMILES string of the molecule is NC(=O)CC(O)C(N)=O.NCC(=O)O.NCC(=O)O. The predicted molar refractivity (Wildman–Crippen MR) is 62.4 cm³/mol. The molecule has 0 aromatic rings. The molecule has 0 saturated heterocycles. The Bertz CT molecular complexity index is 293. The molecular formula is C8H18N4O7. The summed E-state index contributed by atoms with van der Waals surface area (Å²) >= 11 is 0. The van der Waals surface area contributed by atoms with Crippen molar-refractivity contribution in [2.24, 2.45) is 22.9 Å². The van der Waals surface area contributed by atoms with Gasteiger partial charge >= 0.3 is 11.9 Å². The van der Waals surface area contributed by atoms with Crippen molar-refractivity contribution in [1.82, 2.24) is 0 Å². The zero-order valence-corrected chi connectivity index (χ0v) is 9.98. The van der Waals surface area contributed by atoms with Crippen molar-refractivity contribution in [3.63, 3.8) is 0 Å². The third-order valence-corrected chi connectivity index (χ3v) is 1.07. The fourth-order valence-corrected chi connectivity index (χ4v) is 0.291. The molecule has 0 heterocycles. The van der Waals surface area contributed by atoms with E-state index >= 15 is 0 Å². The smallest absolute Gasteiger partial charge is 0.317 e. The molecule has 112 valence electrons. The van der Waals surface area contributed by atoms with Crippen LogP contribution in [-0.2, 0) is 19.2 Å². The van der Waals surface area contributed by atoms with Crippen LogP contribution >= 0.6 is 0 Å². The lowest BCUT2D eigenvalue weighted by Gasteiger charge is -2.00. The van der Waals surface area contributed by atoms with E-state index in [1.165, 1.54) is 0 Å². The van der Waals surface area contributed by atoms with Gasteiger partial charge in [-0.2, -0.15) is 0 Å². The van der Waals surface area contributed by atoms with Crippen LogP contribution in [0.4, 0.5) is 0 Å². The number of carboxylic acids is 2. The van der Waals surface area contributed by atoms with E-state index in [0.717, 1.165) is 0 Å². The van der Waals surface area contributed by atoms with Gasteiger partial charge in [-0.1, -0.05) is 0 Å². The maximum absolute atomic E-state index is 10.00. The van der Waals surface area contributed by atoms with Gasteiger partial charge in [-0.25, -0.2) is 0 Å². The molecule has 0 aromatic heterocycles. The average Bonchev–Trinajstić information content (AvgIpc) is 2.29. The topological polar surface area (TPSA) is 233 Å². The van der Waals surface area contributed by atoms with Gasteiger partial charge in [0, 0.05) is 0 Å². The molecule has 11 heteroatoms. The summed E-state index contributed by atoms with van der Waals surface area (Å²) in [6.07, 6.45) is -1.85. The second-order valence-corrected chi connectivity index (χ2v) is 2.78. The molecule has 0 rings (SSSR count). The largest absolute Gasteiger partial charge is 0.480 e. The first kappa shape index (κ1) is 22.0. The van der Waals surface area contributed by atoms with E-state index in [-0.39, 0.29) is 13.1 Å². The number of aliphatic carboxylic acids is 2. The number of aliphatic hydroxyl groups is 1. The molecule has 0 aromatic carbocycles. The van der Waals surface area contributed by atoms with Crippen molar-refractivity contribution in [1.29, 1.82) is 0 Å². The molecule has 11 N–H and O–H groups in total. The molecule has 1 atom stereocenters. The highest BCUT2D eigenvalue weighted by molar-refractivity contribution is 5.85.